The maximum Gasteiger partial charge on any atom is 0.115 e. The Bertz CT molecular complexity index is 20.9. The van der Waals surface area contributed by atoms with Gasteiger partial charge in [-0.05, 0) is 6.92 Å². The van der Waals surface area contributed by atoms with Gasteiger partial charge in [-0.15, -0.1) is 11.6 Å². The van der Waals surface area contributed by atoms with Crippen LogP contribution in [0.25, 0.3) is 0 Å². The number of hydrogen-bond donors (Lipinski definition) is 0. The van der Waals surface area contributed by atoms with Crippen LogP contribution in [0.5, 0.6) is 0 Å². The van der Waals surface area contributed by atoms with E-state index in [-0.39, 0.29) is 0 Å². The quantitative estimate of drug-likeness (QED) is 0.465. The van der Waals surface area contributed by atoms with Gasteiger partial charge >= 0.3 is 0 Å². The van der Waals surface area contributed by atoms with Crippen LogP contribution in [0.3, 0.4) is 0 Å². The van der Waals surface area contributed by atoms with E-state index in [0.717, 1.165) is 5.88 Å². The molecule has 0 heterocycles. The third kappa shape index (κ3) is 4.22. The first-order valence-corrected chi connectivity index (χ1v) is 1.78. The van der Waals surface area contributed by atoms with Crippen LogP contribution in [-0.2, 0) is 0 Å². The fraction of sp³-hybridized carbons (Fsp3) is 0.667. The highest BCUT2D eigenvalue weighted by Crippen LogP contribution is 1.95. The molecule has 0 aliphatic carbocycles. The van der Waals surface area contributed by atoms with Crippen LogP contribution in [0.1, 0.15) is 6.92 Å². The molecule has 0 bridgehead atoms. The monoisotopic (exact) mass is 95.0 g/mol. The first-order valence-electron chi connectivity index (χ1n) is 1.35. The molecule has 1 atom stereocenters. The summed E-state index contributed by atoms with van der Waals surface area (Å²) in [7, 11) is 0. The Kier molecular flexibility index (Phi) is 2.57. The van der Waals surface area contributed by atoms with Crippen LogP contribution < -0.4 is 0 Å². The van der Waals surface area contributed by atoms with Gasteiger partial charge in [0.15, 0.2) is 0 Å². The normalized spacial score (nSPS) is 15.0. The minimum Gasteiger partial charge on any atom is -0.246 e. The molecule has 0 aromatic heterocycles. The SMILES string of the molecule is CC(F)[CH]Cl. The van der Waals surface area contributed by atoms with Crippen molar-refractivity contribution in [2.75, 3.05) is 0 Å². The lowest BCUT2D eigenvalue weighted by Crippen LogP contribution is -1.82. The summed E-state index contributed by atoms with van der Waals surface area (Å²) in [6.45, 7) is 1.37. The van der Waals surface area contributed by atoms with Gasteiger partial charge in [0.25, 0.3) is 0 Å². The predicted molar refractivity (Wildman–Crippen MR) is 20.7 cm³/mol. The van der Waals surface area contributed by atoms with Crippen LogP contribution in [0.2, 0.25) is 0 Å². The van der Waals surface area contributed by atoms with Gasteiger partial charge in [0.2, 0.25) is 0 Å². The lowest BCUT2D eigenvalue weighted by atomic mass is 10.5. The molecule has 0 amide bonds. The molecule has 0 aliphatic heterocycles. The molecule has 5 heavy (non-hydrogen) atoms. The second kappa shape index (κ2) is 2.46. The lowest BCUT2D eigenvalue weighted by Gasteiger charge is -1.83. The second-order valence-electron chi connectivity index (χ2n) is 0.804. The molecular weight excluding hydrogens is 90.5 g/mol. The van der Waals surface area contributed by atoms with Crippen LogP contribution in [-0.4, -0.2) is 6.17 Å². The van der Waals surface area contributed by atoms with E-state index in [2.05, 4.69) is 0 Å². The molecule has 2 heteroatoms. The van der Waals surface area contributed by atoms with Crippen LogP contribution in [0.4, 0.5) is 4.39 Å². The molecule has 0 spiro atoms. The Labute approximate surface area is 35.9 Å². The first-order chi connectivity index (χ1) is 2.27. The molecule has 0 aliphatic rings. The van der Waals surface area contributed by atoms with E-state index in [1.165, 1.54) is 6.92 Å². The number of rotatable bonds is 1. The summed E-state index contributed by atoms with van der Waals surface area (Å²) < 4.78 is 11.2. The Morgan fingerprint density at radius 3 is 2.20 bits per heavy atom. The third-order valence-electron chi connectivity index (χ3n) is 0.174. The molecule has 1 radical (unpaired) electrons. The van der Waals surface area contributed by atoms with E-state index in [1.807, 2.05) is 0 Å². The Balaban J connectivity index is 2.54. The van der Waals surface area contributed by atoms with Gasteiger partial charge in [-0.25, -0.2) is 4.39 Å². The van der Waals surface area contributed by atoms with Crippen molar-refractivity contribution in [2.24, 2.45) is 0 Å². The third-order valence-corrected chi connectivity index (χ3v) is 0.521. The van der Waals surface area contributed by atoms with Gasteiger partial charge in [0, 0.05) is 0 Å². The molecule has 0 N–H and O–H groups in total. The molecule has 0 saturated carbocycles. The van der Waals surface area contributed by atoms with Gasteiger partial charge in [-0.2, -0.15) is 0 Å². The van der Waals surface area contributed by atoms with Crippen molar-refractivity contribution in [3.63, 3.8) is 0 Å². The predicted octanol–water partition coefficient (Wildman–Crippen LogP) is 1.74. The van der Waals surface area contributed by atoms with Crippen LogP contribution in [0, 0.1) is 5.88 Å². The molecule has 0 fully saturated rings. The van der Waals surface area contributed by atoms with Gasteiger partial charge in [-0.1, -0.05) is 0 Å². The summed E-state index contributed by atoms with van der Waals surface area (Å²) in [6.07, 6.45) is -0.975. The van der Waals surface area contributed by atoms with Crippen molar-refractivity contribution in [1.29, 1.82) is 0 Å². The lowest BCUT2D eigenvalue weighted by molar-refractivity contribution is 0.420. The summed E-state index contributed by atoms with van der Waals surface area (Å²) in [6, 6.07) is 0. The minimum absolute atomic E-state index is 0.972. The molecular formula is C3H5ClF. The van der Waals surface area contributed by atoms with Gasteiger partial charge in [-0.3, -0.25) is 0 Å². The van der Waals surface area contributed by atoms with Crippen LogP contribution >= 0.6 is 11.6 Å². The van der Waals surface area contributed by atoms with Crippen molar-refractivity contribution in [3.8, 4) is 0 Å². The Morgan fingerprint density at radius 2 is 2.20 bits per heavy atom. The average molecular weight is 95.5 g/mol. The largest absolute Gasteiger partial charge is 0.246 e. The zero-order valence-corrected chi connectivity index (χ0v) is 3.67. The van der Waals surface area contributed by atoms with Crippen molar-refractivity contribution in [2.45, 2.75) is 13.1 Å². The summed E-state index contributed by atoms with van der Waals surface area (Å²) in [5, 5.41) is 0. The molecule has 31 valence electrons. The summed E-state index contributed by atoms with van der Waals surface area (Å²) in [4.78, 5) is 0. The molecule has 0 rings (SSSR count). The van der Waals surface area contributed by atoms with E-state index in [4.69, 9.17) is 11.6 Å². The topological polar surface area (TPSA) is 0 Å². The highest BCUT2D eigenvalue weighted by Gasteiger charge is 1.88. The molecule has 0 saturated heterocycles. The zero-order valence-electron chi connectivity index (χ0n) is 2.91. The maximum atomic E-state index is 11.2. The van der Waals surface area contributed by atoms with E-state index in [9.17, 15) is 4.39 Å². The zero-order chi connectivity index (χ0) is 4.28. The van der Waals surface area contributed by atoms with E-state index >= 15 is 0 Å². The molecule has 0 aromatic carbocycles. The number of hydrogen-bond acceptors (Lipinski definition) is 0. The maximum absolute atomic E-state index is 11.2. The van der Waals surface area contributed by atoms with E-state index in [1.54, 1.807) is 0 Å². The average Bonchev–Trinajstić information content (AvgIpc) is 1.38. The summed E-state index contributed by atoms with van der Waals surface area (Å²) >= 11 is 4.84. The minimum atomic E-state index is -0.975. The van der Waals surface area contributed by atoms with Crippen molar-refractivity contribution >= 4 is 11.6 Å². The standard InChI is InChI=1S/C3H5ClF/c1-3(5)2-4/h2-3H,1H3. The number of halogens is 2. The Hall–Kier alpha value is 0.220. The van der Waals surface area contributed by atoms with Gasteiger partial charge in [0.05, 0.1) is 5.88 Å². The fourth-order valence-electron chi connectivity index (χ4n) is 0. The van der Waals surface area contributed by atoms with Gasteiger partial charge < -0.3 is 0 Å². The van der Waals surface area contributed by atoms with Gasteiger partial charge in [0.1, 0.15) is 6.17 Å². The van der Waals surface area contributed by atoms with E-state index in [0.29, 0.717) is 0 Å². The molecule has 0 nitrogen and oxygen atoms in total. The van der Waals surface area contributed by atoms with Crippen LogP contribution in [0.15, 0.2) is 0 Å². The highest BCUT2D eigenvalue weighted by atomic mass is 35.5. The molecule has 1 unspecified atom stereocenters. The van der Waals surface area contributed by atoms with Crippen molar-refractivity contribution in [3.05, 3.63) is 5.88 Å². The van der Waals surface area contributed by atoms with Crippen molar-refractivity contribution in [1.82, 2.24) is 0 Å². The smallest absolute Gasteiger partial charge is 0.115 e. The highest BCUT2D eigenvalue weighted by molar-refractivity contribution is 6.23. The summed E-state index contributed by atoms with van der Waals surface area (Å²) in [5.41, 5.74) is 0. The first kappa shape index (κ1) is 5.22. The fourth-order valence-corrected chi connectivity index (χ4v) is 0. The van der Waals surface area contributed by atoms with Crippen molar-refractivity contribution < 1.29 is 4.39 Å². The van der Waals surface area contributed by atoms with E-state index < -0.39 is 6.17 Å². The number of alkyl halides is 1. The summed E-state index contributed by atoms with van der Waals surface area (Å²) in [5.74, 6) is 0.972. The Morgan fingerprint density at radius 1 is 2.00 bits per heavy atom. The molecule has 0 aromatic rings. The second-order valence-corrected chi connectivity index (χ2v) is 1.06.